The molecule has 0 radical (unpaired) electrons. The smallest absolute Gasteiger partial charge is 0.293 e. The van der Waals surface area contributed by atoms with E-state index in [0.717, 1.165) is 6.07 Å². The highest BCUT2D eigenvalue weighted by atomic mass is 35.5. The molecule has 0 aliphatic carbocycles. The second-order valence-corrected chi connectivity index (χ2v) is 4.45. The number of para-hydroxylation sites is 1. The van der Waals surface area contributed by atoms with Gasteiger partial charge in [0.2, 0.25) is 0 Å². The predicted octanol–water partition coefficient (Wildman–Crippen LogP) is 4.28. The zero-order valence-corrected chi connectivity index (χ0v) is 11.0. The number of nitrogens with two attached hydrogens (primary N) is 1. The molecule has 7 heteroatoms. The van der Waals surface area contributed by atoms with Crippen LogP contribution in [0.2, 0.25) is 10.0 Å². The van der Waals surface area contributed by atoms with Crippen molar-refractivity contribution in [1.29, 1.82) is 0 Å². The number of halogens is 2. The van der Waals surface area contributed by atoms with Gasteiger partial charge in [-0.15, -0.1) is 0 Å². The molecule has 0 saturated heterocycles. The van der Waals surface area contributed by atoms with E-state index in [-0.39, 0.29) is 22.1 Å². The van der Waals surface area contributed by atoms with Crippen LogP contribution in [-0.2, 0) is 0 Å². The van der Waals surface area contributed by atoms with Crippen LogP contribution in [0.3, 0.4) is 0 Å². The molecule has 2 N–H and O–H groups in total. The van der Waals surface area contributed by atoms with E-state index in [1.165, 1.54) is 6.07 Å². The first-order valence-electron chi connectivity index (χ1n) is 5.15. The minimum atomic E-state index is -0.611. The fourth-order valence-corrected chi connectivity index (χ4v) is 1.81. The molecule has 2 aromatic carbocycles. The molecule has 0 aromatic heterocycles. The Morgan fingerprint density at radius 1 is 1.11 bits per heavy atom. The largest absolute Gasteiger partial charge is 0.454 e. The Bertz CT molecular complexity index is 647. The van der Waals surface area contributed by atoms with Crippen LogP contribution in [0.25, 0.3) is 0 Å². The first-order chi connectivity index (χ1) is 8.99. The molecule has 19 heavy (non-hydrogen) atoms. The van der Waals surface area contributed by atoms with E-state index < -0.39 is 4.92 Å². The summed E-state index contributed by atoms with van der Waals surface area (Å²) in [6, 6.07) is 9.23. The van der Waals surface area contributed by atoms with Crippen molar-refractivity contribution in [3.63, 3.8) is 0 Å². The lowest BCUT2D eigenvalue weighted by atomic mass is 10.2. The summed E-state index contributed by atoms with van der Waals surface area (Å²) in [5.41, 5.74) is 5.27. The molecule has 0 spiro atoms. The summed E-state index contributed by atoms with van der Waals surface area (Å²) < 4.78 is 5.49. The summed E-state index contributed by atoms with van der Waals surface area (Å²) in [5.74, 6) is 0.595. The highest BCUT2D eigenvalue weighted by Gasteiger charge is 2.17. The van der Waals surface area contributed by atoms with E-state index >= 15 is 0 Å². The van der Waals surface area contributed by atoms with E-state index in [0.29, 0.717) is 10.8 Å². The third kappa shape index (κ3) is 2.89. The molecule has 0 heterocycles. The van der Waals surface area contributed by atoms with Gasteiger partial charge in [0.15, 0.2) is 0 Å². The number of nitrogens with zero attached hydrogens (tertiary/aromatic N) is 1. The van der Waals surface area contributed by atoms with Crippen LogP contribution in [0.5, 0.6) is 11.5 Å². The van der Waals surface area contributed by atoms with Gasteiger partial charge in [-0.2, -0.15) is 0 Å². The van der Waals surface area contributed by atoms with Crippen molar-refractivity contribution >= 4 is 34.6 Å². The normalized spacial score (nSPS) is 10.2. The third-order valence-corrected chi connectivity index (χ3v) is 2.94. The Hall–Kier alpha value is -1.98. The van der Waals surface area contributed by atoms with Crippen LogP contribution in [0, 0.1) is 10.1 Å². The molecule has 0 unspecified atom stereocenters. The summed E-state index contributed by atoms with van der Waals surface area (Å²) in [7, 11) is 0. The number of nitro benzene ring substituents is 1. The molecule has 0 fully saturated rings. The minimum absolute atomic E-state index is 0.0311. The van der Waals surface area contributed by atoms with Gasteiger partial charge in [-0.05, 0) is 12.1 Å². The summed E-state index contributed by atoms with van der Waals surface area (Å²) in [6.07, 6.45) is 0. The van der Waals surface area contributed by atoms with Crippen LogP contribution in [0.4, 0.5) is 11.4 Å². The van der Waals surface area contributed by atoms with Gasteiger partial charge in [-0.1, -0.05) is 35.3 Å². The van der Waals surface area contributed by atoms with Gasteiger partial charge in [0, 0.05) is 12.1 Å². The molecule has 0 saturated carbocycles. The van der Waals surface area contributed by atoms with Crippen molar-refractivity contribution in [2.24, 2.45) is 0 Å². The van der Waals surface area contributed by atoms with Crippen molar-refractivity contribution in [3.05, 3.63) is 56.6 Å². The maximum atomic E-state index is 10.7. The summed E-state index contributed by atoms with van der Waals surface area (Å²) in [6.45, 7) is 0. The zero-order valence-electron chi connectivity index (χ0n) is 9.47. The van der Waals surface area contributed by atoms with E-state index in [1.54, 1.807) is 24.3 Å². The van der Waals surface area contributed by atoms with Crippen LogP contribution in [0.1, 0.15) is 0 Å². The number of hydrogen-bond acceptors (Lipinski definition) is 4. The van der Waals surface area contributed by atoms with E-state index in [4.69, 9.17) is 33.7 Å². The van der Waals surface area contributed by atoms with E-state index in [2.05, 4.69) is 0 Å². The Morgan fingerprint density at radius 2 is 1.79 bits per heavy atom. The minimum Gasteiger partial charge on any atom is -0.454 e. The van der Waals surface area contributed by atoms with Crippen LogP contribution in [0.15, 0.2) is 36.4 Å². The van der Waals surface area contributed by atoms with Crippen molar-refractivity contribution in [2.75, 3.05) is 5.73 Å². The van der Waals surface area contributed by atoms with Crippen molar-refractivity contribution in [3.8, 4) is 11.5 Å². The van der Waals surface area contributed by atoms with Gasteiger partial charge in [0.25, 0.3) is 5.69 Å². The maximum absolute atomic E-state index is 10.7. The van der Waals surface area contributed by atoms with Crippen LogP contribution >= 0.6 is 23.2 Å². The first-order valence-corrected chi connectivity index (χ1v) is 5.90. The van der Waals surface area contributed by atoms with Gasteiger partial charge in [-0.25, -0.2) is 0 Å². The molecule has 0 aliphatic rings. The summed E-state index contributed by atoms with van der Waals surface area (Å²) >= 11 is 11.9. The number of hydrogen-bond donors (Lipinski definition) is 1. The summed E-state index contributed by atoms with van der Waals surface area (Å²) in [5, 5.41) is 11.2. The van der Waals surface area contributed by atoms with Gasteiger partial charge >= 0.3 is 0 Å². The number of nitrogen functional groups attached to an aromatic ring is 1. The van der Waals surface area contributed by atoms with Crippen LogP contribution in [-0.4, -0.2) is 4.92 Å². The fraction of sp³-hybridized carbons (Fsp3) is 0. The van der Waals surface area contributed by atoms with Crippen molar-refractivity contribution in [1.82, 2.24) is 0 Å². The second kappa shape index (κ2) is 5.34. The van der Waals surface area contributed by atoms with E-state index in [9.17, 15) is 10.1 Å². The Morgan fingerprint density at radius 3 is 2.42 bits per heavy atom. The molecule has 0 amide bonds. The van der Waals surface area contributed by atoms with Gasteiger partial charge in [-0.3, -0.25) is 10.1 Å². The molecule has 0 atom stereocenters. The lowest BCUT2D eigenvalue weighted by Crippen LogP contribution is -1.97. The van der Waals surface area contributed by atoms with Crippen LogP contribution < -0.4 is 10.5 Å². The first kappa shape index (κ1) is 13.5. The average molecular weight is 299 g/mol. The molecule has 2 rings (SSSR count). The van der Waals surface area contributed by atoms with Gasteiger partial charge in [0.05, 0.1) is 15.0 Å². The van der Waals surface area contributed by atoms with Gasteiger partial charge in [0.1, 0.15) is 17.2 Å². The second-order valence-electron chi connectivity index (χ2n) is 3.63. The summed E-state index contributed by atoms with van der Waals surface area (Å²) in [4.78, 5) is 10.1. The average Bonchev–Trinajstić information content (AvgIpc) is 2.35. The highest BCUT2D eigenvalue weighted by Crippen LogP contribution is 2.38. The van der Waals surface area contributed by atoms with Gasteiger partial charge < -0.3 is 10.5 Å². The number of rotatable bonds is 3. The quantitative estimate of drug-likeness (QED) is 0.521. The number of ether oxygens (including phenoxy) is 1. The Labute approximate surface area is 118 Å². The lowest BCUT2D eigenvalue weighted by molar-refractivity contribution is -0.383. The zero-order chi connectivity index (χ0) is 14.0. The molecule has 2 aromatic rings. The number of anilines is 1. The molecule has 0 aliphatic heterocycles. The Balaban J connectivity index is 2.39. The van der Waals surface area contributed by atoms with E-state index in [1.807, 2.05) is 0 Å². The monoisotopic (exact) mass is 298 g/mol. The number of nitro groups is 1. The lowest BCUT2D eigenvalue weighted by Gasteiger charge is -2.09. The molecular weight excluding hydrogens is 291 g/mol. The topological polar surface area (TPSA) is 78.4 Å². The predicted molar refractivity (Wildman–Crippen MR) is 74.0 cm³/mol. The maximum Gasteiger partial charge on any atom is 0.293 e. The third-order valence-electron chi connectivity index (χ3n) is 2.33. The van der Waals surface area contributed by atoms with Crippen molar-refractivity contribution in [2.45, 2.75) is 0 Å². The molecule has 5 nitrogen and oxygen atoms in total. The fourth-order valence-electron chi connectivity index (χ4n) is 1.44. The SMILES string of the molecule is Nc1cc(Oc2ccccc2Cl)c(Cl)cc1[N+](=O)[O-]. The molecule has 0 bridgehead atoms. The highest BCUT2D eigenvalue weighted by molar-refractivity contribution is 6.33. The molecule has 98 valence electrons. The Kier molecular flexibility index (Phi) is 3.78. The van der Waals surface area contributed by atoms with Crippen molar-refractivity contribution < 1.29 is 9.66 Å². The molecular formula is C12H8Cl2N2O3. The standard InChI is InChI=1S/C12H8Cl2N2O3/c13-7-3-1-2-4-11(7)19-12-6-9(15)10(16(17)18)5-8(12)14/h1-6H,15H2. The number of benzene rings is 2.